The average molecular weight is 334 g/mol. The Labute approximate surface area is 131 Å². The summed E-state index contributed by atoms with van der Waals surface area (Å²) >= 11 is 5.71. The van der Waals surface area contributed by atoms with E-state index in [1.54, 1.807) is 0 Å². The van der Waals surface area contributed by atoms with Crippen LogP contribution in [-0.2, 0) is 15.9 Å². The van der Waals surface area contributed by atoms with Crippen molar-refractivity contribution < 1.29 is 12.8 Å². The molecular formula is C15H21ClFNO2S. The van der Waals surface area contributed by atoms with Gasteiger partial charge in [0.25, 0.3) is 0 Å². The van der Waals surface area contributed by atoms with Gasteiger partial charge in [0.05, 0.1) is 0 Å². The van der Waals surface area contributed by atoms with Gasteiger partial charge in [-0.2, -0.15) is 0 Å². The van der Waals surface area contributed by atoms with Crippen LogP contribution in [0.3, 0.4) is 0 Å². The average Bonchev–Trinajstić information content (AvgIpc) is 2.48. The van der Waals surface area contributed by atoms with Crippen molar-refractivity contribution in [1.82, 2.24) is 4.31 Å². The second-order valence-electron chi connectivity index (χ2n) is 5.69. The predicted molar refractivity (Wildman–Crippen MR) is 82.3 cm³/mol. The van der Waals surface area contributed by atoms with Crippen molar-refractivity contribution in [3.05, 3.63) is 29.6 Å². The van der Waals surface area contributed by atoms with Gasteiger partial charge in [-0.1, -0.05) is 25.3 Å². The van der Waals surface area contributed by atoms with Gasteiger partial charge in [0, 0.05) is 19.5 Å². The summed E-state index contributed by atoms with van der Waals surface area (Å²) in [5, 5.41) is 0. The predicted octanol–water partition coefficient (Wildman–Crippen LogP) is 3.77. The number of hydrogen-bond acceptors (Lipinski definition) is 2. The zero-order valence-electron chi connectivity index (χ0n) is 12.2. The van der Waals surface area contributed by atoms with Crippen LogP contribution in [0.25, 0.3) is 0 Å². The SMILES string of the molecule is CN(CC1CCCCC1)S(=O)(=O)c1cc(CCl)ccc1F. The topological polar surface area (TPSA) is 37.4 Å². The molecule has 21 heavy (non-hydrogen) atoms. The molecule has 0 atom stereocenters. The third kappa shape index (κ3) is 3.96. The first-order valence-corrected chi connectivity index (χ1v) is 9.23. The summed E-state index contributed by atoms with van der Waals surface area (Å²) in [4.78, 5) is -0.279. The Bertz CT molecular complexity index is 585. The second-order valence-corrected chi connectivity index (χ2v) is 7.97. The van der Waals surface area contributed by atoms with Crippen molar-refractivity contribution >= 4 is 21.6 Å². The van der Waals surface area contributed by atoms with Crippen LogP contribution in [0.15, 0.2) is 23.1 Å². The Morgan fingerprint density at radius 1 is 1.29 bits per heavy atom. The Kier molecular flexibility index (Phi) is 5.63. The minimum absolute atomic E-state index is 0.162. The van der Waals surface area contributed by atoms with Crippen LogP contribution in [0.1, 0.15) is 37.7 Å². The standard InChI is InChI=1S/C15H21ClFNO2S/c1-18(11-12-5-3-2-4-6-12)21(19,20)15-9-13(10-16)7-8-14(15)17/h7-9,12H,2-6,10-11H2,1H3. The number of halogens is 2. The van der Waals surface area contributed by atoms with Crippen molar-refractivity contribution in [3.63, 3.8) is 0 Å². The molecule has 2 rings (SSSR count). The summed E-state index contributed by atoms with van der Waals surface area (Å²) in [6.07, 6.45) is 5.61. The molecule has 118 valence electrons. The third-order valence-corrected chi connectivity index (χ3v) is 6.23. The molecule has 0 radical (unpaired) electrons. The molecule has 1 aliphatic rings. The van der Waals surface area contributed by atoms with E-state index in [4.69, 9.17) is 11.6 Å². The van der Waals surface area contributed by atoms with E-state index in [2.05, 4.69) is 0 Å². The highest BCUT2D eigenvalue weighted by Gasteiger charge is 2.27. The number of hydrogen-bond donors (Lipinski definition) is 0. The molecule has 0 heterocycles. The third-order valence-electron chi connectivity index (χ3n) is 4.08. The van der Waals surface area contributed by atoms with Gasteiger partial charge >= 0.3 is 0 Å². The van der Waals surface area contributed by atoms with Gasteiger partial charge in [0.1, 0.15) is 10.7 Å². The van der Waals surface area contributed by atoms with Gasteiger partial charge in [-0.05, 0) is 36.5 Å². The summed E-state index contributed by atoms with van der Waals surface area (Å²) in [6, 6.07) is 4.00. The molecule has 0 aliphatic heterocycles. The molecule has 0 spiro atoms. The highest BCUT2D eigenvalue weighted by molar-refractivity contribution is 7.89. The van der Waals surface area contributed by atoms with Gasteiger partial charge < -0.3 is 0 Å². The first-order valence-electron chi connectivity index (χ1n) is 7.26. The van der Waals surface area contributed by atoms with Gasteiger partial charge in [-0.3, -0.25) is 0 Å². The largest absolute Gasteiger partial charge is 0.245 e. The van der Waals surface area contributed by atoms with Gasteiger partial charge in [-0.25, -0.2) is 17.1 Å². The van der Waals surface area contributed by atoms with E-state index in [1.165, 1.54) is 36.0 Å². The molecule has 1 saturated carbocycles. The molecule has 1 aliphatic carbocycles. The zero-order chi connectivity index (χ0) is 15.5. The van der Waals surface area contributed by atoms with E-state index < -0.39 is 15.8 Å². The number of benzene rings is 1. The quantitative estimate of drug-likeness (QED) is 0.769. The highest BCUT2D eigenvalue weighted by atomic mass is 35.5. The Morgan fingerprint density at radius 3 is 2.57 bits per heavy atom. The fraction of sp³-hybridized carbons (Fsp3) is 0.600. The molecular weight excluding hydrogens is 313 g/mol. The van der Waals surface area contributed by atoms with Gasteiger partial charge in [0.15, 0.2) is 0 Å². The maximum Gasteiger partial charge on any atom is 0.245 e. The van der Waals surface area contributed by atoms with Crippen LogP contribution in [0.4, 0.5) is 4.39 Å². The van der Waals surface area contributed by atoms with E-state index >= 15 is 0 Å². The number of alkyl halides is 1. The Morgan fingerprint density at radius 2 is 1.95 bits per heavy atom. The molecule has 1 aromatic carbocycles. The maximum absolute atomic E-state index is 13.9. The summed E-state index contributed by atoms with van der Waals surface area (Å²) in [6.45, 7) is 0.451. The molecule has 1 aromatic rings. The molecule has 3 nitrogen and oxygen atoms in total. The molecule has 0 bridgehead atoms. The smallest absolute Gasteiger partial charge is 0.207 e. The van der Waals surface area contributed by atoms with Crippen LogP contribution >= 0.6 is 11.6 Å². The summed E-state index contributed by atoms with van der Waals surface area (Å²) in [7, 11) is -2.28. The summed E-state index contributed by atoms with van der Waals surface area (Å²) < 4.78 is 40.2. The molecule has 0 amide bonds. The van der Waals surface area contributed by atoms with Crippen molar-refractivity contribution in [1.29, 1.82) is 0 Å². The number of rotatable bonds is 5. The van der Waals surface area contributed by atoms with E-state index in [1.807, 2.05) is 0 Å². The zero-order valence-corrected chi connectivity index (χ0v) is 13.8. The molecule has 6 heteroatoms. The van der Waals surface area contributed by atoms with Gasteiger partial charge in [0.2, 0.25) is 10.0 Å². The number of sulfonamides is 1. The number of nitrogens with zero attached hydrogens (tertiary/aromatic N) is 1. The fourth-order valence-electron chi connectivity index (χ4n) is 2.83. The fourth-order valence-corrected chi connectivity index (χ4v) is 4.35. The first kappa shape index (κ1) is 16.7. The lowest BCUT2D eigenvalue weighted by Crippen LogP contribution is -2.33. The first-order chi connectivity index (χ1) is 9.95. The second kappa shape index (κ2) is 7.07. The molecule has 0 saturated heterocycles. The highest BCUT2D eigenvalue weighted by Crippen LogP contribution is 2.27. The maximum atomic E-state index is 13.9. The molecule has 1 fully saturated rings. The molecule has 0 N–H and O–H groups in total. The molecule has 0 unspecified atom stereocenters. The Hall–Kier alpha value is -0.650. The van der Waals surface area contributed by atoms with E-state index in [0.29, 0.717) is 18.0 Å². The van der Waals surface area contributed by atoms with Crippen molar-refractivity contribution in [2.45, 2.75) is 42.9 Å². The van der Waals surface area contributed by atoms with Crippen LogP contribution in [0, 0.1) is 11.7 Å². The van der Waals surface area contributed by atoms with Crippen molar-refractivity contribution in [3.8, 4) is 0 Å². The van der Waals surface area contributed by atoms with E-state index in [-0.39, 0.29) is 10.8 Å². The van der Waals surface area contributed by atoms with Crippen molar-refractivity contribution in [2.24, 2.45) is 5.92 Å². The Balaban J connectivity index is 2.20. The van der Waals surface area contributed by atoms with Crippen LogP contribution in [0.2, 0.25) is 0 Å². The van der Waals surface area contributed by atoms with E-state index in [0.717, 1.165) is 25.7 Å². The normalized spacial score (nSPS) is 17.3. The van der Waals surface area contributed by atoms with Crippen molar-refractivity contribution in [2.75, 3.05) is 13.6 Å². The van der Waals surface area contributed by atoms with E-state index in [9.17, 15) is 12.8 Å². The summed E-state index contributed by atoms with van der Waals surface area (Å²) in [5.74, 6) is -0.188. The van der Waals surface area contributed by atoms with Crippen LogP contribution < -0.4 is 0 Å². The van der Waals surface area contributed by atoms with Gasteiger partial charge in [-0.15, -0.1) is 11.6 Å². The lowest BCUT2D eigenvalue weighted by Gasteiger charge is -2.26. The lowest BCUT2D eigenvalue weighted by atomic mass is 9.89. The lowest BCUT2D eigenvalue weighted by molar-refractivity contribution is 0.299. The minimum Gasteiger partial charge on any atom is -0.207 e. The minimum atomic E-state index is -3.80. The summed E-state index contributed by atoms with van der Waals surface area (Å²) in [5.41, 5.74) is 0.600. The van der Waals surface area contributed by atoms with Crippen LogP contribution in [-0.4, -0.2) is 26.3 Å². The molecule has 0 aromatic heterocycles. The van der Waals surface area contributed by atoms with Crippen LogP contribution in [0.5, 0.6) is 0 Å². The monoisotopic (exact) mass is 333 g/mol.